The van der Waals surface area contributed by atoms with Crippen molar-refractivity contribution in [2.24, 2.45) is 5.73 Å². The van der Waals surface area contributed by atoms with Crippen molar-refractivity contribution >= 4 is 23.2 Å². The molecule has 0 saturated carbocycles. The second kappa shape index (κ2) is 11.3. The molecule has 2 aliphatic rings. The van der Waals surface area contributed by atoms with Crippen LogP contribution >= 0.6 is 11.3 Å². The van der Waals surface area contributed by atoms with Crippen LogP contribution in [0.3, 0.4) is 0 Å². The summed E-state index contributed by atoms with van der Waals surface area (Å²) < 4.78 is 82.0. The molecule has 17 heteroatoms. The monoisotopic (exact) mass is 546 g/mol. The molecular formula is C19H24F6N6O4S. The Bertz CT molecular complexity index is 971. The van der Waals surface area contributed by atoms with E-state index in [1.54, 1.807) is 0 Å². The van der Waals surface area contributed by atoms with Crippen LogP contribution in [-0.2, 0) is 14.4 Å². The van der Waals surface area contributed by atoms with Gasteiger partial charge in [-0.3, -0.25) is 19.7 Å². The van der Waals surface area contributed by atoms with E-state index in [0.717, 1.165) is 11.3 Å². The summed E-state index contributed by atoms with van der Waals surface area (Å²) >= 11 is 0.927. The molecule has 4 unspecified atom stereocenters. The Morgan fingerprint density at radius 3 is 2.64 bits per heavy atom. The van der Waals surface area contributed by atoms with Crippen molar-refractivity contribution in [2.45, 2.75) is 36.8 Å². The summed E-state index contributed by atoms with van der Waals surface area (Å²) in [6.07, 6.45) is -11.9. The fraction of sp³-hybridized carbons (Fsp3) is 0.579. The summed E-state index contributed by atoms with van der Waals surface area (Å²) in [4.78, 5) is 31.8. The maximum absolute atomic E-state index is 12.9. The van der Waals surface area contributed by atoms with Gasteiger partial charge in [0.15, 0.2) is 0 Å². The third-order valence-corrected chi connectivity index (χ3v) is 6.41. The van der Waals surface area contributed by atoms with Crippen LogP contribution in [0.5, 0.6) is 0 Å². The van der Waals surface area contributed by atoms with Gasteiger partial charge in [-0.05, 0) is 18.2 Å². The van der Waals surface area contributed by atoms with Gasteiger partial charge in [0, 0.05) is 25.0 Å². The van der Waals surface area contributed by atoms with E-state index in [1.807, 2.05) is 0 Å². The average Bonchev–Trinajstić information content (AvgIpc) is 3.50. The number of carbonyl (C=O) groups excluding carboxylic acids is 2. The second-order valence-corrected chi connectivity index (χ2v) is 8.91. The zero-order valence-electron chi connectivity index (χ0n) is 18.7. The highest BCUT2D eigenvalue weighted by atomic mass is 32.1. The molecule has 0 aliphatic carbocycles. The van der Waals surface area contributed by atoms with E-state index in [0.29, 0.717) is 11.0 Å². The number of hydrogen-bond acceptors (Lipinski definition) is 9. The number of halogens is 6. The quantitative estimate of drug-likeness (QED) is 0.250. The first-order valence-electron chi connectivity index (χ1n) is 10.5. The molecule has 10 nitrogen and oxygen atoms in total. The van der Waals surface area contributed by atoms with Gasteiger partial charge in [0.25, 0.3) is 11.8 Å². The molecule has 4 atom stereocenters. The lowest BCUT2D eigenvalue weighted by atomic mass is 10.1. The van der Waals surface area contributed by atoms with E-state index in [9.17, 15) is 35.9 Å². The number of rotatable bonds is 7. The predicted molar refractivity (Wildman–Crippen MR) is 114 cm³/mol. The van der Waals surface area contributed by atoms with E-state index in [2.05, 4.69) is 26.3 Å². The summed E-state index contributed by atoms with van der Waals surface area (Å²) in [7, 11) is 1.29. The molecule has 0 bridgehead atoms. The van der Waals surface area contributed by atoms with Crippen molar-refractivity contribution in [3.05, 3.63) is 33.7 Å². The Labute approximate surface area is 205 Å². The summed E-state index contributed by atoms with van der Waals surface area (Å²) in [5.41, 5.74) is 6.97. The normalized spacial score (nSPS) is 24.5. The van der Waals surface area contributed by atoms with E-state index in [-0.39, 0.29) is 36.9 Å². The molecular weight excluding hydrogens is 522 g/mol. The van der Waals surface area contributed by atoms with Crippen LogP contribution < -0.4 is 27.2 Å². The number of hydroxylamine groups is 1. The first-order chi connectivity index (χ1) is 16.8. The number of nitrogens with two attached hydrogens (primary N) is 1. The van der Waals surface area contributed by atoms with Gasteiger partial charge in [0.2, 0.25) is 6.23 Å². The minimum absolute atomic E-state index is 0.0239. The first-order valence-corrected chi connectivity index (χ1v) is 11.4. The molecule has 36 heavy (non-hydrogen) atoms. The van der Waals surface area contributed by atoms with Crippen molar-refractivity contribution in [2.75, 3.05) is 33.4 Å². The van der Waals surface area contributed by atoms with Crippen molar-refractivity contribution < 1.29 is 45.5 Å². The van der Waals surface area contributed by atoms with Gasteiger partial charge in [0.1, 0.15) is 12.2 Å². The maximum Gasteiger partial charge on any atom is 0.430 e. The van der Waals surface area contributed by atoms with E-state index < -0.39 is 48.6 Å². The largest absolute Gasteiger partial charge is 0.430 e. The minimum atomic E-state index is -4.73. The molecule has 2 amide bonds. The van der Waals surface area contributed by atoms with Crippen LogP contribution in [0.15, 0.2) is 23.9 Å². The third kappa shape index (κ3) is 6.86. The van der Waals surface area contributed by atoms with Crippen LogP contribution in [0.4, 0.5) is 26.3 Å². The van der Waals surface area contributed by atoms with E-state index >= 15 is 0 Å². The Hall–Kier alpha value is -2.44. The second-order valence-electron chi connectivity index (χ2n) is 7.79. The van der Waals surface area contributed by atoms with E-state index in [1.165, 1.54) is 24.1 Å². The number of likely N-dealkylation sites (N-methyl/N-ethyl adjacent to an activating group) is 1. The van der Waals surface area contributed by atoms with Crippen molar-refractivity contribution in [3.63, 3.8) is 0 Å². The third-order valence-electron chi connectivity index (χ3n) is 5.26. The number of hydrogen-bond donors (Lipinski definition) is 5. The summed E-state index contributed by atoms with van der Waals surface area (Å²) in [6, 6.07) is -0.163. The molecule has 0 radical (unpaired) electrons. The van der Waals surface area contributed by atoms with Crippen LogP contribution in [0.25, 0.3) is 0 Å². The Balaban J connectivity index is 1.61. The zero-order chi connectivity index (χ0) is 26.7. The Morgan fingerprint density at radius 1 is 1.31 bits per heavy atom. The topological polar surface area (TPSA) is 130 Å². The standard InChI is InChI=1S/C19H24F6N6O4S/c1-27-10(6-13(26)18(20,21)22)16(33)31-4-5-34-8-9(31)7-28-15(32)12-3-2-11(36-12)14-29-17(35-30-14)19(23,24)25/h2-3,6,9,13-14,17,27,29-30H,4-5,7-8,26H2,1H3,(H,28,32)/b10-6-. The molecule has 0 spiro atoms. The van der Waals surface area contributed by atoms with Crippen LogP contribution in [0.2, 0.25) is 0 Å². The fourth-order valence-electron chi connectivity index (χ4n) is 3.37. The molecule has 2 saturated heterocycles. The molecule has 3 rings (SSSR count). The summed E-state index contributed by atoms with van der Waals surface area (Å²) in [6.45, 7) is 0.160. The molecule has 0 aromatic carbocycles. The highest BCUT2D eigenvalue weighted by Gasteiger charge is 2.46. The summed E-state index contributed by atoms with van der Waals surface area (Å²) in [5.74, 6) is -1.30. The van der Waals surface area contributed by atoms with E-state index in [4.69, 9.17) is 10.5 Å². The lowest BCUT2D eigenvalue weighted by Gasteiger charge is -2.36. The Morgan fingerprint density at radius 2 is 2.03 bits per heavy atom. The number of ether oxygens (including phenoxy) is 1. The van der Waals surface area contributed by atoms with Crippen molar-refractivity contribution in [1.29, 1.82) is 0 Å². The van der Waals surface area contributed by atoms with Crippen molar-refractivity contribution in [1.82, 2.24) is 26.3 Å². The van der Waals surface area contributed by atoms with Crippen LogP contribution in [0, 0.1) is 0 Å². The molecule has 6 N–H and O–H groups in total. The van der Waals surface area contributed by atoms with Gasteiger partial charge < -0.3 is 26.0 Å². The number of amides is 2. The highest BCUT2D eigenvalue weighted by molar-refractivity contribution is 7.14. The molecule has 2 fully saturated rings. The number of morpholine rings is 1. The van der Waals surface area contributed by atoms with Gasteiger partial charge in [-0.1, -0.05) is 0 Å². The molecule has 2 aliphatic heterocycles. The minimum Gasteiger partial charge on any atom is -0.384 e. The first kappa shape index (κ1) is 28.1. The SMILES string of the molecule is CN/C(=C\C(N)C(F)(F)F)C(=O)N1CCOCC1CNC(=O)c1ccc(C2NOC(C(F)(F)F)N2)s1. The van der Waals surface area contributed by atoms with Gasteiger partial charge >= 0.3 is 12.4 Å². The zero-order valence-corrected chi connectivity index (χ0v) is 19.5. The van der Waals surface area contributed by atoms with Gasteiger partial charge in [0.05, 0.1) is 29.8 Å². The number of thiophene rings is 1. The number of carbonyl (C=O) groups is 2. The van der Waals surface area contributed by atoms with Gasteiger partial charge in [-0.2, -0.15) is 31.8 Å². The summed E-state index contributed by atoms with van der Waals surface area (Å²) in [5, 5.41) is 7.25. The molecule has 1 aromatic heterocycles. The van der Waals surface area contributed by atoms with Gasteiger partial charge in [-0.25, -0.2) is 0 Å². The predicted octanol–water partition coefficient (Wildman–Crippen LogP) is 0.710. The van der Waals surface area contributed by atoms with Crippen molar-refractivity contribution in [3.8, 4) is 0 Å². The number of alkyl halides is 6. The lowest BCUT2D eigenvalue weighted by molar-refractivity contribution is -0.224. The van der Waals surface area contributed by atoms with Crippen LogP contribution in [-0.4, -0.2) is 80.7 Å². The average molecular weight is 546 g/mol. The lowest BCUT2D eigenvalue weighted by Crippen LogP contribution is -2.54. The maximum atomic E-state index is 12.9. The number of nitrogens with one attached hydrogen (secondary N) is 4. The number of nitrogens with zero attached hydrogens (tertiary/aromatic N) is 1. The fourth-order valence-corrected chi connectivity index (χ4v) is 4.29. The highest BCUT2D eigenvalue weighted by Crippen LogP contribution is 2.30. The van der Waals surface area contributed by atoms with Crippen LogP contribution in [0.1, 0.15) is 20.7 Å². The molecule has 3 heterocycles. The molecule has 1 aromatic rings. The smallest absolute Gasteiger partial charge is 0.384 e. The van der Waals surface area contributed by atoms with Gasteiger partial charge in [-0.15, -0.1) is 11.3 Å². The Kier molecular flexibility index (Phi) is 8.84. The molecule has 202 valence electrons.